The van der Waals surface area contributed by atoms with Crippen LogP contribution in [0.3, 0.4) is 0 Å². The molecule has 1 fully saturated rings. The number of nitrogens with zero attached hydrogens (tertiary/aromatic N) is 2. The van der Waals surface area contributed by atoms with Gasteiger partial charge in [0, 0.05) is 18.3 Å². The number of hydrogen-bond acceptors (Lipinski definition) is 4. The van der Waals surface area contributed by atoms with Crippen LogP contribution in [0.1, 0.15) is 29.5 Å². The number of benzene rings is 3. The van der Waals surface area contributed by atoms with Gasteiger partial charge in [-0.3, -0.25) is 0 Å². The topological polar surface area (TPSA) is 45.5 Å². The van der Waals surface area contributed by atoms with E-state index in [1.807, 2.05) is 42.0 Å². The average Bonchev–Trinajstić information content (AvgIpc) is 3.60. The SMILES string of the molecule is CC(c1ccc(F)cc1)C1(Cn2ccnc2)OCC(COCc2ccc(-c3ccc(C(F)(F)F)cc3)cc2)O1. The molecular weight excluding hydrogens is 512 g/mol. The number of hydrogen-bond donors (Lipinski definition) is 0. The van der Waals surface area contributed by atoms with Gasteiger partial charge < -0.3 is 18.8 Å². The van der Waals surface area contributed by atoms with Gasteiger partial charge in [-0.25, -0.2) is 9.37 Å². The third-order valence-electron chi connectivity index (χ3n) is 6.94. The van der Waals surface area contributed by atoms with Gasteiger partial charge in [0.25, 0.3) is 0 Å². The zero-order valence-electron chi connectivity index (χ0n) is 21.3. The van der Waals surface area contributed by atoms with E-state index in [0.29, 0.717) is 31.9 Å². The molecule has 2 heterocycles. The minimum atomic E-state index is -4.36. The van der Waals surface area contributed by atoms with Crippen molar-refractivity contribution in [3.05, 3.63) is 114 Å². The number of rotatable bonds is 9. The van der Waals surface area contributed by atoms with Crippen LogP contribution in [0, 0.1) is 5.82 Å². The quantitative estimate of drug-likeness (QED) is 0.218. The Kier molecular flexibility index (Phi) is 7.83. The summed E-state index contributed by atoms with van der Waals surface area (Å²) in [6.07, 6.45) is 0.567. The Morgan fingerprint density at radius 1 is 1.00 bits per heavy atom. The summed E-state index contributed by atoms with van der Waals surface area (Å²) in [7, 11) is 0. The number of aromatic nitrogens is 2. The van der Waals surface area contributed by atoms with Crippen LogP contribution in [-0.4, -0.2) is 34.7 Å². The van der Waals surface area contributed by atoms with Crippen LogP contribution in [0.5, 0.6) is 0 Å². The monoisotopic (exact) mass is 540 g/mol. The van der Waals surface area contributed by atoms with Gasteiger partial charge in [0.15, 0.2) is 5.79 Å². The van der Waals surface area contributed by atoms with E-state index in [1.54, 1.807) is 24.7 Å². The molecule has 1 saturated heterocycles. The van der Waals surface area contributed by atoms with Gasteiger partial charge in [0.2, 0.25) is 0 Å². The fourth-order valence-electron chi connectivity index (χ4n) is 4.71. The molecule has 0 N–H and O–H groups in total. The van der Waals surface area contributed by atoms with Crippen LogP contribution in [0.2, 0.25) is 0 Å². The molecule has 1 aromatic heterocycles. The van der Waals surface area contributed by atoms with Crippen molar-refractivity contribution in [2.24, 2.45) is 0 Å². The molecule has 5 nitrogen and oxygen atoms in total. The second-order valence-corrected chi connectivity index (χ2v) is 9.66. The van der Waals surface area contributed by atoms with Crippen LogP contribution in [0.15, 0.2) is 91.5 Å². The number of halogens is 4. The molecule has 3 unspecified atom stereocenters. The first-order chi connectivity index (χ1) is 18.7. The van der Waals surface area contributed by atoms with Crippen molar-refractivity contribution in [3.8, 4) is 11.1 Å². The van der Waals surface area contributed by atoms with Crippen LogP contribution in [0.25, 0.3) is 11.1 Å². The molecular formula is C30H28F4N2O3. The second kappa shape index (κ2) is 11.3. The smallest absolute Gasteiger partial charge is 0.374 e. The standard InChI is InChI=1S/C30H28F4N2O3/c1-21(23-8-12-27(31)13-9-23)29(19-36-15-14-35-20-36)38-18-28(39-29)17-37-16-22-2-4-24(5-3-22)25-6-10-26(11-7-25)30(32,33)34/h2-15,20-21,28H,16-19H2,1H3. The van der Waals surface area contributed by atoms with Gasteiger partial charge in [-0.05, 0) is 46.5 Å². The predicted molar refractivity (Wildman–Crippen MR) is 137 cm³/mol. The summed E-state index contributed by atoms with van der Waals surface area (Å²) in [6.45, 7) is 3.39. The Morgan fingerprint density at radius 3 is 2.28 bits per heavy atom. The molecule has 3 aromatic carbocycles. The molecule has 0 amide bonds. The number of ether oxygens (including phenoxy) is 3. The van der Waals surface area contributed by atoms with Gasteiger partial charge in [0.1, 0.15) is 11.9 Å². The average molecular weight is 541 g/mol. The summed E-state index contributed by atoms with van der Waals surface area (Å²) in [5.74, 6) is -1.47. The first kappa shape index (κ1) is 27.1. The van der Waals surface area contributed by atoms with Crippen molar-refractivity contribution in [1.29, 1.82) is 0 Å². The Morgan fingerprint density at radius 2 is 1.67 bits per heavy atom. The highest BCUT2D eigenvalue weighted by Gasteiger charge is 2.47. The van der Waals surface area contributed by atoms with E-state index in [4.69, 9.17) is 14.2 Å². The van der Waals surface area contributed by atoms with E-state index in [1.165, 1.54) is 24.3 Å². The molecule has 0 radical (unpaired) electrons. The van der Waals surface area contributed by atoms with Gasteiger partial charge >= 0.3 is 6.18 Å². The van der Waals surface area contributed by atoms with E-state index in [9.17, 15) is 17.6 Å². The van der Waals surface area contributed by atoms with Gasteiger partial charge in [0.05, 0.1) is 38.3 Å². The molecule has 1 aliphatic rings. The lowest BCUT2D eigenvalue weighted by atomic mass is 9.92. The number of alkyl halides is 3. The van der Waals surface area contributed by atoms with Crippen molar-refractivity contribution < 1.29 is 31.8 Å². The Labute approximate surface area is 224 Å². The highest BCUT2D eigenvalue weighted by Crippen LogP contribution is 2.39. The van der Waals surface area contributed by atoms with E-state index in [2.05, 4.69) is 4.98 Å². The minimum absolute atomic E-state index is 0.191. The molecule has 5 rings (SSSR count). The van der Waals surface area contributed by atoms with Crippen LogP contribution < -0.4 is 0 Å². The molecule has 0 spiro atoms. The molecule has 3 atom stereocenters. The summed E-state index contributed by atoms with van der Waals surface area (Å²) >= 11 is 0. The van der Waals surface area contributed by atoms with Crippen molar-refractivity contribution in [3.63, 3.8) is 0 Å². The lowest BCUT2D eigenvalue weighted by Crippen LogP contribution is -2.41. The number of imidazole rings is 1. The van der Waals surface area contributed by atoms with Crippen molar-refractivity contribution in [1.82, 2.24) is 9.55 Å². The fraction of sp³-hybridized carbons (Fsp3) is 0.300. The highest BCUT2D eigenvalue weighted by molar-refractivity contribution is 5.64. The fourth-order valence-corrected chi connectivity index (χ4v) is 4.71. The minimum Gasteiger partial charge on any atom is -0.374 e. The lowest BCUT2D eigenvalue weighted by molar-refractivity contribution is -0.196. The Bertz CT molecular complexity index is 1340. The van der Waals surface area contributed by atoms with E-state index in [0.717, 1.165) is 28.8 Å². The van der Waals surface area contributed by atoms with E-state index in [-0.39, 0.29) is 17.8 Å². The molecule has 4 aromatic rings. The third kappa shape index (κ3) is 6.38. The van der Waals surface area contributed by atoms with Gasteiger partial charge in [-0.15, -0.1) is 0 Å². The third-order valence-corrected chi connectivity index (χ3v) is 6.94. The Balaban J connectivity index is 1.19. The maximum absolute atomic E-state index is 13.5. The maximum atomic E-state index is 13.5. The zero-order valence-corrected chi connectivity index (χ0v) is 21.3. The normalized spacial score (nSPS) is 20.3. The van der Waals surface area contributed by atoms with Crippen LogP contribution in [-0.2, 0) is 33.5 Å². The summed E-state index contributed by atoms with van der Waals surface area (Å²) in [5, 5.41) is 0. The van der Waals surface area contributed by atoms with Gasteiger partial charge in [-0.1, -0.05) is 55.5 Å². The molecule has 39 heavy (non-hydrogen) atoms. The predicted octanol–water partition coefficient (Wildman–Crippen LogP) is 6.84. The van der Waals surface area contributed by atoms with Crippen LogP contribution in [0.4, 0.5) is 17.6 Å². The maximum Gasteiger partial charge on any atom is 0.416 e. The van der Waals surface area contributed by atoms with Crippen molar-refractivity contribution in [2.75, 3.05) is 13.2 Å². The summed E-state index contributed by atoms with van der Waals surface area (Å²) < 4.78 is 72.5. The largest absolute Gasteiger partial charge is 0.416 e. The molecule has 0 aliphatic carbocycles. The molecule has 0 bridgehead atoms. The molecule has 204 valence electrons. The van der Waals surface area contributed by atoms with Gasteiger partial charge in [-0.2, -0.15) is 13.2 Å². The first-order valence-corrected chi connectivity index (χ1v) is 12.6. The highest BCUT2D eigenvalue weighted by atomic mass is 19.4. The second-order valence-electron chi connectivity index (χ2n) is 9.66. The lowest BCUT2D eigenvalue weighted by Gasteiger charge is -2.34. The molecule has 0 saturated carbocycles. The van der Waals surface area contributed by atoms with Crippen molar-refractivity contribution in [2.45, 2.75) is 44.1 Å². The van der Waals surface area contributed by atoms with E-state index >= 15 is 0 Å². The zero-order chi connectivity index (χ0) is 27.5. The van der Waals surface area contributed by atoms with Crippen LogP contribution >= 0.6 is 0 Å². The van der Waals surface area contributed by atoms with E-state index < -0.39 is 17.5 Å². The first-order valence-electron chi connectivity index (χ1n) is 12.6. The van der Waals surface area contributed by atoms with Crippen molar-refractivity contribution >= 4 is 0 Å². The summed E-state index contributed by atoms with van der Waals surface area (Å²) in [4.78, 5) is 4.11. The summed E-state index contributed by atoms with van der Waals surface area (Å²) in [5.41, 5.74) is 2.67. The summed E-state index contributed by atoms with van der Waals surface area (Å²) in [6, 6.07) is 18.9. The molecule has 9 heteroatoms. The Hall–Kier alpha value is -3.53. The molecule has 1 aliphatic heterocycles.